The molecule has 5 heteroatoms. The first-order valence-electron chi connectivity index (χ1n) is 7.61. The molecule has 1 saturated heterocycles. The Labute approximate surface area is 135 Å². The maximum atomic E-state index is 12.6. The van der Waals surface area contributed by atoms with Crippen molar-refractivity contribution in [3.63, 3.8) is 0 Å². The molecule has 5 nitrogen and oxygen atoms in total. The van der Waals surface area contributed by atoms with Crippen LogP contribution in [0.25, 0.3) is 0 Å². The molecule has 0 unspecified atom stereocenters. The van der Waals surface area contributed by atoms with Gasteiger partial charge >= 0.3 is 0 Å². The summed E-state index contributed by atoms with van der Waals surface area (Å²) in [6, 6.07) is 10.6. The van der Waals surface area contributed by atoms with Crippen LogP contribution in [0.5, 0.6) is 11.5 Å². The number of para-hydroxylation sites is 2. The molecule has 0 aliphatic carbocycles. The van der Waals surface area contributed by atoms with Crippen LogP contribution in [0.1, 0.15) is 11.1 Å². The number of aryl methyl sites for hydroxylation is 2. The smallest absolute Gasteiger partial charge is 0.246 e. The minimum Gasteiger partial charge on any atom is -0.506 e. The molecule has 1 fully saturated rings. The molecule has 3 rings (SSSR count). The third kappa shape index (κ3) is 2.70. The van der Waals surface area contributed by atoms with Crippen LogP contribution < -0.4 is 9.80 Å². The van der Waals surface area contributed by atoms with Crippen molar-refractivity contribution in [3.8, 4) is 11.5 Å². The van der Waals surface area contributed by atoms with E-state index in [9.17, 15) is 15.0 Å². The lowest BCUT2D eigenvalue weighted by molar-refractivity contribution is -0.117. The number of aromatic hydroxyl groups is 2. The van der Waals surface area contributed by atoms with Crippen molar-refractivity contribution in [1.82, 2.24) is 0 Å². The zero-order valence-corrected chi connectivity index (χ0v) is 13.3. The van der Waals surface area contributed by atoms with Crippen molar-refractivity contribution in [1.29, 1.82) is 0 Å². The Bertz CT molecular complexity index is 717. The van der Waals surface area contributed by atoms with Crippen molar-refractivity contribution in [2.24, 2.45) is 0 Å². The minimum atomic E-state index is -0.0940. The molecule has 1 aliphatic rings. The van der Waals surface area contributed by atoms with Crippen molar-refractivity contribution >= 4 is 17.3 Å². The number of anilines is 2. The molecule has 2 aromatic rings. The van der Waals surface area contributed by atoms with Gasteiger partial charge in [-0.25, -0.2) is 0 Å². The standard InChI is InChI=1S/C18H20N2O3/c1-12-5-3-7-14(21)17(12)19-9-10-20(16(23)11-19)18-13(2)6-4-8-15(18)22/h3-8,21-22H,9-11H2,1-2H3. The Hall–Kier alpha value is -2.69. The monoisotopic (exact) mass is 312 g/mol. The van der Waals surface area contributed by atoms with E-state index in [0.717, 1.165) is 11.1 Å². The van der Waals surface area contributed by atoms with Crippen molar-refractivity contribution in [2.45, 2.75) is 13.8 Å². The van der Waals surface area contributed by atoms with Crippen LogP contribution >= 0.6 is 0 Å². The topological polar surface area (TPSA) is 64.0 Å². The van der Waals surface area contributed by atoms with Gasteiger partial charge in [0.05, 0.1) is 17.9 Å². The highest BCUT2D eigenvalue weighted by Gasteiger charge is 2.29. The van der Waals surface area contributed by atoms with Crippen LogP contribution in [0.3, 0.4) is 0 Å². The molecule has 1 heterocycles. The SMILES string of the molecule is Cc1cccc(O)c1N1CCN(c2c(C)cccc2O)C(=O)C1. The molecule has 0 bridgehead atoms. The van der Waals surface area contributed by atoms with E-state index in [1.807, 2.05) is 30.9 Å². The fourth-order valence-corrected chi connectivity index (χ4v) is 3.15. The van der Waals surface area contributed by atoms with Gasteiger partial charge in [-0.1, -0.05) is 24.3 Å². The quantitative estimate of drug-likeness (QED) is 0.894. The molecular formula is C18H20N2O3. The number of hydrogen-bond donors (Lipinski definition) is 2. The summed E-state index contributed by atoms with van der Waals surface area (Å²) >= 11 is 0. The van der Waals surface area contributed by atoms with E-state index in [4.69, 9.17) is 0 Å². The van der Waals surface area contributed by atoms with Crippen LogP contribution in [-0.4, -0.2) is 35.8 Å². The third-order valence-electron chi connectivity index (χ3n) is 4.24. The number of hydrogen-bond acceptors (Lipinski definition) is 4. The molecule has 0 aromatic heterocycles. The van der Waals surface area contributed by atoms with Crippen molar-refractivity contribution in [2.75, 3.05) is 29.4 Å². The lowest BCUT2D eigenvalue weighted by Gasteiger charge is -2.37. The number of phenols is 2. The lowest BCUT2D eigenvalue weighted by atomic mass is 10.1. The minimum absolute atomic E-state index is 0.0940. The van der Waals surface area contributed by atoms with E-state index in [1.54, 1.807) is 29.2 Å². The number of amides is 1. The lowest BCUT2D eigenvalue weighted by Crippen LogP contribution is -2.51. The summed E-state index contributed by atoms with van der Waals surface area (Å²) in [5, 5.41) is 20.2. The summed E-state index contributed by atoms with van der Waals surface area (Å²) in [4.78, 5) is 16.1. The van der Waals surface area contributed by atoms with Gasteiger partial charge in [0.1, 0.15) is 11.5 Å². The second-order valence-corrected chi connectivity index (χ2v) is 5.85. The van der Waals surface area contributed by atoms with Gasteiger partial charge in [-0.05, 0) is 37.1 Å². The fraction of sp³-hybridized carbons (Fsp3) is 0.278. The molecule has 0 atom stereocenters. The molecule has 0 saturated carbocycles. The highest BCUT2D eigenvalue weighted by Crippen LogP contribution is 2.35. The Morgan fingerprint density at radius 3 is 1.96 bits per heavy atom. The van der Waals surface area contributed by atoms with Gasteiger partial charge in [0.2, 0.25) is 5.91 Å². The van der Waals surface area contributed by atoms with Crippen LogP contribution in [0.15, 0.2) is 36.4 Å². The van der Waals surface area contributed by atoms with E-state index in [0.29, 0.717) is 24.5 Å². The van der Waals surface area contributed by atoms with Crippen LogP contribution in [0, 0.1) is 13.8 Å². The maximum absolute atomic E-state index is 12.6. The van der Waals surface area contributed by atoms with Gasteiger partial charge in [0, 0.05) is 13.1 Å². The fourth-order valence-electron chi connectivity index (χ4n) is 3.15. The molecule has 2 aromatic carbocycles. The first-order chi connectivity index (χ1) is 11.0. The second-order valence-electron chi connectivity index (χ2n) is 5.85. The number of benzene rings is 2. The molecule has 2 N–H and O–H groups in total. The largest absolute Gasteiger partial charge is 0.506 e. The molecule has 0 spiro atoms. The molecule has 0 radical (unpaired) electrons. The summed E-state index contributed by atoms with van der Waals surface area (Å²) < 4.78 is 0. The molecule has 23 heavy (non-hydrogen) atoms. The van der Waals surface area contributed by atoms with Crippen molar-refractivity contribution < 1.29 is 15.0 Å². The van der Waals surface area contributed by atoms with E-state index in [2.05, 4.69) is 0 Å². The summed E-state index contributed by atoms with van der Waals surface area (Å²) in [5.41, 5.74) is 3.08. The zero-order chi connectivity index (χ0) is 16.6. The van der Waals surface area contributed by atoms with Crippen LogP contribution in [-0.2, 0) is 4.79 Å². The zero-order valence-electron chi connectivity index (χ0n) is 13.3. The van der Waals surface area contributed by atoms with E-state index < -0.39 is 0 Å². The number of nitrogens with zero attached hydrogens (tertiary/aromatic N) is 2. The highest BCUT2D eigenvalue weighted by atomic mass is 16.3. The van der Waals surface area contributed by atoms with Gasteiger partial charge in [0.15, 0.2) is 0 Å². The van der Waals surface area contributed by atoms with Gasteiger partial charge in [-0.15, -0.1) is 0 Å². The van der Waals surface area contributed by atoms with Crippen LogP contribution in [0.4, 0.5) is 11.4 Å². The average Bonchev–Trinajstić information content (AvgIpc) is 2.49. The summed E-state index contributed by atoms with van der Waals surface area (Å²) in [6.45, 7) is 5.02. The van der Waals surface area contributed by atoms with E-state index >= 15 is 0 Å². The summed E-state index contributed by atoms with van der Waals surface area (Å²) in [7, 11) is 0. The molecule has 1 amide bonds. The highest BCUT2D eigenvalue weighted by molar-refractivity contribution is 6.00. The second kappa shape index (κ2) is 5.83. The van der Waals surface area contributed by atoms with Gasteiger partial charge in [-0.2, -0.15) is 0 Å². The van der Waals surface area contributed by atoms with Gasteiger partial charge in [0.25, 0.3) is 0 Å². The predicted molar refractivity (Wildman–Crippen MR) is 90.3 cm³/mol. The summed E-state index contributed by atoms with van der Waals surface area (Å²) in [5.74, 6) is 0.207. The molecule has 120 valence electrons. The maximum Gasteiger partial charge on any atom is 0.246 e. The predicted octanol–water partition coefficient (Wildman–Crippen LogP) is 2.57. The number of phenolic OH excluding ortho intramolecular Hbond substituents is 2. The Balaban J connectivity index is 1.87. The van der Waals surface area contributed by atoms with Gasteiger partial charge in [-0.3, -0.25) is 4.79 Å². The summed E-state index contributed by atoms with van der Waals surface area (Å²) in [6.07, 6.45) is 0. The Kier molecular flexibility index (Phi) is 3.86. The van der Waals surface area contributed by atoms with Gasteiger partial charge < -0.3 is 20.0 Å². The molecule has 1 aliphatic heterocycles. The first kappa shape index (κ1) is 15.2. The number of carbonyl (C=O) groups excluding carboxylic acids is 1. The molecular weight excluding hydrogens is 292 g/mol. The average molecular weight is 312 g/mol. The Morgan fingerprint density at radius 1 is 0.870 bits per heavy atom. The normalized spacial score (nSPS) is 15.1. The van der Waals surface area contributed by atoms with E-state index in [-0.39, 0.29) is 24.0 Å². The first-order valence-corrected chi connectivity index (χ1v) is 7.61. The van der Waals surface area contributed by atoms with Crippen molar-refractivity contribution in [3.05, 3.63) is 47.5 Å². The number of carbonyl (C=O) groups is 1. The van der Waals surface area contributed by atoms with Crippen LogP contribution in [0.2, 0.25) is 0 Å². The van der Waals surface area contributed by atoms with E-state index in [1.165, 1.54) is 0 Å². The third-order valence-corrected chi connectivity index (χ3v) is 4.24. The number of rotatable bonds is 2. The number of piperazine rings is 1. The Morgan fingerprint density at radius 2 is 1.43 bits per heavy atom.